The maximum Gasteiger partial charge on any atom is 0.305 e. The van der Waals surface area contributed by atoms with Crippen molar-refractivity contribution in [3.8, 4) is 0 Å². The van der Waals surface area contributed by atoms with E-state index in [1.807, 2.05) is 18.3 Å². The van der Waals surface area contributed by atoms with Gasteiger partial charge in [-0.15, -0.1) is 11.3 Å². The molecule has 0 amide bonds. The summed E-state index contributed by atoms with van der Waals surface area (Å²) in [6.45, 7) is 5.29. The summed E-state index contributed by atoms with van der Waals surface area (Å²) >= 11 is 1.82. The highest BCUT2D eigenvalue weighted by Crippen LogP contribution is 2.29. The molecule has 0 saturated heterocycles. The number of carbonyl (C=O) groups is 1. The van der Waals surface area contributed by atoms with Gasteiger partial charge in [-0.3, -0.25) is 4.79 Å². The summed E-state index contributed by atoms with van der Waals surface area (Å²) in [7, 11) is 0. The Morgan fingerprint density at radius 1 is 1.40 bits per heavy atom. The van der Waals surface area contributed by atoms with Gasteiger partial charge in [-0.2, -0.15) is 0 Å². The van der Waals surface area contributed by atoms with Gasteiger partial charge in [-0.25, -0.2) is 0 Å². The molecule has 3 nitrogen and oxygen atoms in total. The van der Waals surface area contributed by atoms with Gasteiger partial charge in [0.15, 0.2) is 0 Å². The van der Waals surface area contributed by atoms with Gasteiger partial charge in [0.05, 0.1) is 6.61 Å². The van der Waals surface area contributed by atoms with E-state index >= 15 is 0 Å². The zero-order chi connectivity index (χ0) is 14.4. The van der Waals surface area contributed by atoms with E-state index in [0.717, 1.165) is 13.0 Å². The molecule has 0 aliphatic heterocycles. The van der Waals surface area contributed by atoms with E-state index < -0.39 is 0 Å². The van der Waals surface area contributed by atoms with Gasteiger partial charge >= 0.3 is 5.97 Å². The van der Waals surface area contributed by atoms with Crippen LogP contribution in [0.5, 0.6) is 0 Å². The fraction of sp³-hybridized carbons (Fsp3) is 0.438. The van der Waals surface area contributed by atoms with E-state index in [2.05, 4.69) is 42.6 Å². The third kappa shape index (κ3) is 4.05. The van der Waals surface area contributed by atoms with Gasteiger partial charge in [0.1, 0.15) is 0 Å². The quantitative estimate of drug-likeness (QED) is 0.621. The summed E-state index contributed by atoms with van der Waals surface area (Å²) < 4.78 is 6.23. The fourth-order valence-corrected chi connectivity index (χ4v) is 3.19. The summed E-state index contributed by atoms with van der Waals surface area (Å²) in [5, 5.41) is 4.76. The molecule has 1 aromatic carbocycles. The van der Waals surface area contributed by atoms with Gasteiger partial charge in [0.25, 0.3) is 0 Å². The van der Waals surface area contributed by atoms with Crippen molar-refractivity contribution < 1.29 is 9.53 Å². The summed E-state index contributed by atoms with van der Waals surface area (Å²) in [5.74, 6) is -0.108. The summed E-state index contributed by atoms with van der Waals surface area (Å²) in [4.78, 5) is 12.6. The van der Waals surface area contributed by atoms with Crippen molar-refractivity contribution in [2.75, 3.05) is 13.2 Å². The highest BCUT2D eigenvalue weighted by molar-refractivity contribution is 7.19. The van der Waals surface area contributed by atoms with Crippen LogP contribution >= 0.6 is 11.3 Å². The number of hydrogen-bond acceptors (Lipinski definition) is 4. The van der Waals surface area contributed by atoms with Crippen molar-refractivity contribution in [3.05, 3.63) is 35.2 Å². The predicted molar refractivity (Wildman–Crippen MR) is 84.1 cm³/mol. The Bertz CT molecular complexity index is 531. The monoisotopic (exact) mass is 291 g/mol. The number of benzene rings is 1. The summed E-state index contributed by atoms with van der Waals surface area (Å²) in [5.41, 5.74) is 0. The van der Waals surface area contributed by atoms with Crippen LogP contribution in [-0.2, 0) is 9.53 Å². The molecule has 0 saturated carbocycles. The average molecular weight is 291 g/mol. The first-order chi connectivity index (χ1) is 9.70. The minimum atomic E-state index is -0.108. The third-order valence-corrected chi connectivity index (χ3v) is 4.48. The molecule has 2 rings (SSSR count). The molecule has 0 spiro atoms. The zero-order valence-electron chi connectivity index (χ0n) is 12.0. The maximum atomic E-state index is 11.2. The molecule has 0 aliphatic carbocycles. The molecular weight excluding hydrogens is 270 g/mol. The van der Waals surface area contributed by atoms with Gasteiger partial charge in [0.2, 0.25) is 0 Å². The molecule has 1 heterocycles. The molecule has 108 valence electrons. The first-order valence-electron chi connectivity index (χ1n) is 7.08. The van der Waals surface area contributed by atoms with Crippen molar-refractivity contribution in [1.82, 2.24) is 5.32 Å². The van der Waals surface area contributed by atoms with Crippen molar-refractivity contribution in [1.29, 1.82) is 0 Å². The molecule has 0 radical (unpaired) electrons. The van der Waals surface area contributed by atoms with Gasteiger partial charge in [-0.05, 0) is 44.3 Å². The number of ether oxygens (including phenoxy) is 1. The SMILES string of the molecule is CCOC(=O)CCCNC(C)c1cc2ccccc2s1. The Kier molecular flexibility index (Phi) is 5.56. The standard InChI is InChI=1S/C16H21NO2S/c1-3-19-16(18)9-6-10-17-12(2)15-11-13-7-4-5-8-14(13)20-15/h4-5,7-8,11-12,17H,3,6,9-10H2,1-2H3. The van der Waals surface area contributed by atoms with Crippen LogP contribution in [0.15, 0.2) is 30.3 Å². The minimum absolute atomic E-state index is 0.108. The smallest absolute Gasteiger partial charge is 0.305 e. The van der Waals surface area contributed by atoms with Crippen LogP contribution in [0.4, 0.5) is 0 Å². The largest absolute Gasteiger partial charge is 0.466 e. The number of hydrogen-bond donors (Lipinski definition) is 1. The lowest BCUT2D eigenvalue weighted by atomic mass is 10.2. The number of esters is 1. The highest BCUT2D eigenvalue weighted by Gasteiger charge is 2.09. The predicted octanol–water partition coefficient (Wildman–Crippen LogP) is 3.90. The lowest BCUT2D eigenvalue weighted by Crippen LogP contribution is -2.20. The second kappa shape index (κ2) is 7.41. The van der Waals surface area contributed by atoms with E-state index in [-0.39, 0.29) is 5.97 Å². The van der Waals surface area contributed by atoms with Crippen molar-refractivity contribution >= 4 is 27.4 Å². The highest BCUT2D eigenvalue weighted by atomic mass is 32.1. The van der Waals surface area contributed by atoms with Crippen LogP contribution in [0, 0.1) is 0 Å². The number of rotatable bonds is 7. The van der Waals surface area contributed by atoms with Crippen LogP contribution in [0.2, 0.25) is 0 Å². The Balaban J connectivity index is 1.80. The number of thiophene rings is 1. The molecule has 1 N–H and O–H groups in total. The molecule has 0 fully saturated rings. The van der Waals surface area contributed by atoms with Gasteiger partial charge in [0, 0.05) is 22.0 Å². The fourth-order valence-electron chi connectivity index (χ4n) is 2.10. The van der Waals surface area contributed by atoms with Crippen LogP contribution in [0.3, 0.4) is 0 Å². The molecule has 0 aliphatic rings. The first-order valence-corrected chi connectivity index (χ1v) is 7.90. The molecular formula is C16H21NO2S. The van der Waals surface area contributed by atoms with E-state index in [1.165, 1.54) is 15.0 Å². The number of fused-ring (bicyclic) bond motifs is 1. The lowest BCUT2D eigenvalue weighted by Gasteiger charge is -2.11. The van der Waals surface area contributed by atoms with Crippen molar-refractivity contribution in [3.63, 3.8) is 0 Å². The third-order valence-electron chi connectivity index (χ3n) is 3.18. The van der Waals surface area contributed by atoms with E-state index in [0.29, 0.717) is 19.1 Å². The molecule has 0 bridgehead atoms. The lowest BCUT2D eigenvalue weighted by molar-refractivity contribution is -0.143. The minimum Gasteiger partial charge on any atom is -0.466 e. The number of carbonyl (C=O) groups excluding carboxylic acids is 1. The molecule has 1 atom stereocenters. The van der Waals surface area contributed by atoms with Crippen molar-refractivity contribution in [2.24, 2.45) is 0 Å². The Labute approximate surface area is 123 Å². The van der Waals surface area contributed by atoms with Crippen LogP contribution in [-0.4, -0.2) is 19.1 Å². The average Bonchev–Trinajstić information content (AvgIpc) is 2.87. The molecule has 1 unspecified atom stereocenters. The van der Waals surface area contributed by atoms with E-state index in [4.69, 9.17) is 4.74 Å². The van der Waals surface area contributed by atoms with Crippen LogP contribution in [0.25, 0.3) is 10.1 Å². The van der Waals surface area contributed by atoms with Gasteiger partial charge in [-0.1, -0.05) is 18.2 Å². The van der Waals surface area contributed by atoms with Crippen molar-refractivity contribution in [2.45, 2.75) is 32.7 Å². The van der Waals surface area contributed by atoms with Crippen LogP contribution in [0.1, 0.15) is 37.6 Å². The molecule has 20 heavy (non-hydrogen) atoms. The summed E-state index contributed by atoms with van der Waals surface area (Å²) in [6.07, 6.45) is 1.30. The number of nitrogens with one attached hydrogen (secondary N) is 1. The molecule has 1 aromatic heterocycles. The second-order valence-corrected chi connectivity index (χ2v) is 5.89. The normalized spacial score (nSPS) is 12.5. The second-order valence-electron chi connectivity index (χ2n) is 4.77. The Morgan fingerprint density at radius 3 is 2.95 bits per heavy atom. The molecule has 4 heteroatoms. The Morgan fingerprint density at radius 2 is 2.20 bits per heavy atom. The molecule has 2 aromatic rings. The zero-order valence-corrected chi connectivity index (χ0v) is 12.8. The summed E-state index contributed by atoms with van der Waals surface area (Å²) in [6, 6.07) is 11.0. The maximum absolute atomic E-state index is 11.2. The van der Waals surface area contributed by atoms with Crippen LogP contribution < -0.4 is 5.32 Å². The van der Waals surface area contributed by atoms with E-state index in [9.17, 15) is 4.79 Å². The topological polar surface area (TPSA) is 38.3 Å². The van der Waals surface area contributed by atoms with Gasteiger partial charge < -0.3 is 10.1 Å². The first kappa shape index (κ1) is 15.0. The van der Waals surface area contributed by atoms with E-state index in [1.54, 1.807) is 0 Å². The Hall–Kier alpha value is -1.39.